The van der Waals surface area contributed by atoms with Gasteiger partial charge in [0.1, 0.15) is 5.75 Å². The molecular formula is C15H12INO4. The first-order valence-corrected chi connectivity index (χ1v) is 7.15. The molecule has 0 heterocycles. The minimum Gasteiger partial charge on any atom is -0.506 e. The van der Waals surface area contributed by atoms with Crippen molar-refractivity contribution in [2.24, 2.45) is 0 Å². The summed E-state index contributed by atoms with van der Waals surface area (Å²) < 4.78 is 0.786. The number of phenolic OH excluding ortho intramolecular Hbond substituents is 1. The second-order valence-electron chi connectivity index (χ2n) is 4.36. The molecule has 0 atom stereocenters. The molecule has 0 spiro atoms. The Kier molecular flexibility index (Phi) is 4.79. The van der Waals surface area contributed by atoms with Gasteiger partial charge in [0, 0.05) is 3.57 Å². The van der Waals surface area contributed by atoms with E-state index in [1.807, 2.05) is 28.7 Å². The van der Waals surface area contributed by atoms with E-state index in [2.05, 4.69) is 5.32 Å². The number of aromatic hydroxyl groups is 1. The van der Waals surface area contributed by atoms with Gasteiger partial charge in [0.15, 0.2) is 0 Å². The Bertz CT molecular complexity index is 700. The number of hydrogen-bond acceptors (Lipinski definition) is 3. The van der Waals surface area contributed by atoms with Crippen LogP contribution in [-0.4, -0.2) is 22.1 Å². The second-order valence-corrected chi connectivity index (χ2v) is 5.52. The molecule has 2 aromatic rings. The maximum Gasteiger partial charge on any atom is 0.307 e. The summed E-state index contributed by atoms with van der Waals surface area (Å²) in [6.07, 6.45) is -0.175. The minimum absolute atomic E-state index is 0.108. The molecule has 0 unspecified atom stereocenters. The van der Waals surface area contributed by atoms with Crippen molar-refractivity contribution < 1.29 is 19.8 Å². The van der Waals surface area contributed by atoms with Crippen molar-refractivity contribution in [2.45, 2.75) is 6.42 Å². The lowest BCUT2D eigenvalue weighted by Crippen LogP contribution is -2.13. The van der Waals surface area contributed by atoms with Gasteiger partial charge in [-0.05, 0) is 52.4 Å². The summed E-state index contributed by atoms with van der Waals surface area (Å²) in [5, 5.41) is 21.1. The number of carbonyl (C=O) groups excluding carboxylic acids is 1. The molecular weight excluding hydrogens is 385 g/mol. The van der Waals surface area contributed by atoms with Gasteiger partial charge in [0.2, 0.25) is 0 Å². The quantitative estimate of drug-likeness (QED) is 0.547. The van der Waals surface area contributed by atoms with Crippen LogP contribution in [0.15, 0.2) is 42.5 Å². The second kappa shape index (κ2) is 6.57. The number of carboxylic acid groups (broad SMARTS) is 1. The van der Waals surface area contributed by atoms with Crippen LogP contribution in [0.25, 0.3) is 0 Å². The zero-order chi connectivity index (χ0) is 15.4. The topological polar surface area (TPSA) is 86.6 Å². The third kappa shape index (κ3) is 3.94. The van der Waals surface area contributed by atoms with Crippen LogP contribution in [0.2, 0.25) is 0 Å². The lowest BCUT2D eigenvalue weighted by Gasteiger charge is -2.10. The third-order valence-electron chi connectivity index (χ3n) is 2.78. The summed E-state index contributed by atoms with van der Waals surface area (Å²) in [6, 6.07) is 11.4. The first kappa shape index (κ1) is 15.3. The third-order valence-corrected chi connectivity index (χ3v) is 3.72. The molecule has 3 N–H and O–H groups in total. The fourth-order valence-corrected chi connectivity index (χ4v) is 2.44. The van der Waals surface area contributed by atoms with E-state index in [0.717, 1.165) is 3.57 Å². The van der Waals surface area contributed by atoms with Gasteiger partial charge in [-0.3, -0.25) is 9.59 Å². The molecule has 0 saturated carbocycles. The predicted molar refractivity (Wildman–Crippen MR) is 86.6 cm³/mol. The summed E-state index contributed by atoms with van der Waals surface area (Å²) in [5.41, 5.74) is 1.18. The molecule has 108 valence electrons. The van der Waals surface area contributed by atoms with Gasteiger partial charge in [-0.15, -0.1) is 0 Å². The Morgan fingerprint density at radius 3 is 2.52 bits per heavy atom. The molecule has 21 heavy (non-hydrogen) atoms. The fourth-order valence-electron chi connectivity index (χ4n) is 1.80. The Hall–Kier alpha value is -2.09. The maximum atomic E-state index is 12.2. The molecule has 2 aromatic carbocycles. The first-order chi connectivity index (χ1) is 9.97. The Balaban J connectivity index is 2.24. The average Bonchev–Trinajstić information content (AvgIpc) is 2.42. The van der Waals surface area contributed by atoms with Crippen molar-refractivity contribution >= 4 is 40.2 Å². The minimum atomic E-state index is -0.976. The van der Waals surface area contributed by atoms with Gasteiger partial charge in [0.05, 0.1) is 17.7 Å². The number of hydrogen-bond donors (Lipinski definition) is 3. The van der Waals surface area contributed by atoms with Crippen molar-refractivity contribution in [1.29, 1.82) is 0 Å². The number of benzene rings is 2. The summed E-state index contributed by atoms with van der Waals surface area (Å²) in [4.78, 5) is 22.9. The molecule has 0 saturated heterocycles. The van der Waals surface area contributed by atoms with Crippen LogP contribution in [-0.2, 0) is 11.2 Å². The number of carboxylic acids is 1. The summed E-state index contributed by atoms with van der Waals surface area (Å²) in [5.74, 6) is -1.44. The zero-order valence-corrected chi connectivity index (χ0v) is 13.0. The molecule has 1 amide bonds. The van der Waals surface area contributed by atoms with Gasteiger partial charge in [0.25, 0.3) is 5.91 Å². The number of halogens is 1. The molecule has 0 radical (unpaired) electrons. The van der Waals surface area contributed by atoms with Crippen molar-refractivity contribution in [3.05, 3.63) is 57.2 Å². The highest BCUT2D eigenvalue weighted by atomic mass is 127. The number of nitrogens with one attached hydrogen (secondary N) is 1. The lowest BCUT2D eigenvalue weighted by molar-refractivity contribution is -0.136. The van der Waals surface area contributed by atoms with Gasteiger partial charge in [-0.25, -0.2) is 0 Å². The lowest BCUT2D eigenvalue weighted by atomic mass is 10.1. The summed E-state index contributed by atoms with van der Waals surface area (Å²) in [6.45, 7) is 0. The number of phenols is 1. The van der Waals surface area contributed by atoms with Gasteiger partial charge in [-0.1, -0.05) is 18.2 Å². The normalized spacial score (nSPS) is 10.1. The number of rotatable bonds is 4. The highest BCUT2D eigenvalue weighted by Gasteiger charge is 2.12. The number of anilines is 1. The smallest absolute Gasteiger partial charge is 0.307 e. The fraction of sp³-hybridized carbons (Fsp3) is 0.0667. The molecule has 0 aliphatic carbocycles. The van der Waals surface area contributed by atoms with Gasteiger partial charge < -0.3 is 15.5 Å². The number of aliphatic carboxylic acids is 1. The van der Waals surface area contributed by atoms with E-state index in [0.29, 0.717) is 11.1 Å². The SMILES string of the molecule is O=C(O)Cc1ccc(O)c(NC(=O)c2ccccc2I)c1. The van der Waals surface area contributed by atoms with Crippen molar-refractivity contribution in [2.75, 3.05) is 5.32 Å². The largest absolute Gasteiger partial charge is 0.506 e. The van der Waals surface area contributed by atoms with Crippen LogP contribution in [0.5, 0.6) is 5.75 Å². The Morgan fingerprint density at radius 1 is 1.14 bits per heavy atom. The molecule has 0 bridgehead atoms. The molecule has 0 fully saturated rings. The predicted octanol–water partition coefficient (Wildman–Crippen LogP) is 2.88. The molecule has 0 aliphatic heterocycles. The van der Waals surface area contributed by atoms with Crippen LogP contribution < -0.4 is 5.32 Å². The summed E-state index contributed by atoms with van der Waals surface area (Å²) in [7, 11) is 0. The Morgan fingerprint density at radius 2 is 1.86 bits per heavy atom. The number of carbonyl (C=O) groups is 2. The molecule has 0 aromatic heterocycles. The van der Waals surface area contributed by atoms with E-state index in [-0.39, 0.29) is 23.8 Å². The van der Waals surface area contributed by atoms with Crippen LogP contribution in [0.4, 0.5) is 5.69 Å². The van der Waals surface area contributed by atoms with Crippen molar-refractivity contribution in [3.63, 3.8) is 0 Å². The maximum absolute atomic E-state index is 12.2. The van der Waals surface area contributed by atoms with E-state index in [4.69, 9.17) is 5.11 Å². The molecule has 0 aliphatic rings. The highest BCUT2D eigenvalue weighted by molar-refractivity contribution is 14.1. The molecule has 5 nitrogen and oxygen atoms in total. The average molecular weight is 397 g/mol. The van der Waals surface area contributed by atoms with Gasteiger partial charge in [-0.2, -0.15) is 0 Å². The van der Waals surface area contributed by atoms with Crippen LogP contribution >= 0.6 is 22.6 Å². The van der Waals surface area contributed by atoms with E-state index < -0.39 is 5.97 Å². The van der Waals surface area contributed by atoms with E-state index >= 15 is 0 Å². The zero-order valence-electron chi connectivity index (χ0n) is 10.8. The monoisotopic (exact) mass is 397 g/mol. The van der Waals surface area contributed by atoms with Crippen LogP contribution in [0.3, 0.4) is 0 Å². The number of amides is 1. The van der Waals surface area contributed by atoms with E-state index in [1.165, 1.54) is 18.2 Å². The van der Waals surface area contributed by atoms with E-state index in [9.17, 15) is 14.7 Å². The highest BCUT2D eigenvalue weighted by Crippen LogP contribution is 2.25. The van der Waals surface area contributed by atoms with E-state index in [1.54, 1.807) is 18.2 Å². The first-order valence-electron chi connectivity index (χ1n) is 6.07. The van der Waals surface area contributed by atoms with Crippen molar-refractivity contribution in [3.8, 4) is 5.75 Å². The van der Waals surface area contributed by atoms with Crippen LogP contribution in [0.1, 0.15) is 15.9 Å². The van der Waals surface area contributed by atoms with Crippen LogP contribution in [0, 0.1) is 3.57 Å². The van der Waals surface area contributed by atoms with Crippen molar-refractivity contribution in [1.82, 2.24) is 0 Å². The molecule has 6 heteroatoms. The van der Waals surface area contributed by atoms with Gasteiger partial charge >= 0.3 is 5.97 Å². The molecule has 2 rings (SSSR count). The summed E-state index contributed by atoms with van der Waals surface area (Å²) >= 11 is 2.05. The Labute approximate surface area is 134 Å². The standard InChI is InChI=1S/C15H12INO4/c16-11-4-2-1-3-10(11)15(21)17-12-7-9(8-14(19)20)5-6-13(12)18/h1-7,18H,8H2,(H,17,21)(H,19,20).